The van der Waals surface area contributed by atoms with Crippen molar-refractivity contribution >= 4 is 17.7 Å². The van der Waals surface area contributed by atoms with E-state index in [1.807, 2.05) is 0 Å². The number of halogens is 1. The fraction of sp³-hybridized carbons (Fsp3) is 0.545. The first-order valence-electron chi connectivity index (χ1n) is 6.07. The van der Waals surface area contributed by atoms with Gasteiger partial charge in [0.2, 0.25) is 5.95 Å². The van der Waals surface area contributed by atoms with E-state index in [1.165, 1.54) is 6.20 Å². The van der Waals surface area contributed by atoms with Gasteiger partial charge in [0.25, 0.3) is 5.91 Å². The number of nitrogens with zero attached hydrogens (tertiary/aromatic N) is 2. The summed E-state index contributed by atoms with van der Waals surface area (Å²) in [6, 6.07) is -0.850. The fourth-order valence-electron chi connectivity index (χ4n) is 2.18. The van der Waals surface area contributed by atoms with Crippen LogP contribution >= 0.6 is 0 Å². The number of carbonyl (C=O) groups is 1. The Bertz CT molecular complexity index is 472. The van der Waals surface area contributed by atoms with Crippen molar-refractivity contribution in [1.82, 2.24) is 9.97 Å². The lowest BCUT2D eigenvalue weighted by molar-refractivity contribution is 0.100. The highest BCUT2D eigenvalue weighted by Gasteiger charge is 2.31. The molecular formula is C11H17FN6O. The third-order valence-electron chi connectivity index (χ3n) is 3.25. The van der Waals surface area contributed by atoms with E-state index in [2.05, 4.69) is 15.3 Å². The van der Waals surface area contributed by atoms with Gasteiger partial charge in [-0.2, -0.15) is 4.98 Å². The predicted molar refractivity (Wildman–Crippen MR) is 69.1 cm³/mol. The average Bonchev–Trinajstić information content (AvgIpc) is 2.33. The van der Waals surface area contributed by atoms with Crippen molar-refractivity contribution in [2.24, 2.45) is 11.5 Å². The van der Waals surface area contributed by atoms with E-state index in [0.29, 0.717) is 6.42 Å². The molecule has 2 rings (SSSR count). The van der Waals surface area contributed by atoms with Crippen LogP contribution < -0.4 is 22.5 Å². The third-order valence-corrected chi connectivity index (χ3v) is 3.25. The van der Waals surface area contributed by atoms with Crippen LogP contribution in [0.25, 0.3) is 0 Å². The molecule has 3 unspecified atom stereocenters. The predicted octanol–water partition coefficient (Wildman–Crippen LogP) is -0.213. The van der Waals surface area contributed by atoms with Crippen LogP contribution in [-0.2, 0) is 0 Å². The summed E-state index contributed by atoms with van der Waals surface area (Å²) in [6.45, 7) is 0. The Kier molecular flexibility index (Phi) is 3.79. The zero-order valence-electron chi connectivity index (χ0n) is 10.3. The molecule has 1 amide bonds. The lowest BCUT2D eigenvalue weighted by Gasteiger charge is -2.32. The van der Waals surface area contributed by atoms with Gasteiger partial charge in [-0.15, -0.1) is 0 Å². The van der Waals surface area contributed by atoms with Gasteiger partial charge in [-0.25, -0.2) is 9.37 Å². The van der Waals surface area contributed by atoms with Gasteiger partial charge in [0, 0.05) is 12.2 Å². The molecule has 0 aliphatic heterocycles. The second kappa shape index (κ2) is 5.35. The summed E-state index contributed by atoms with van der Waals surface area (Å²) in [6.07, 6.45) is 2.13. The first kappa shape index (κ1) is 13.5. The van der Waals surface area contributed by atoms with Crippen LogP contribution in [0.4, 0.5) is 16.2 Å². The molecule has 0 radical (unpaired) electrons. The van der Waals surface area contributed by atoms with Crippen LogP contribution in [-0.4, -0.2) is 34.1 Å². The van der Waals surface area contributed by atoms with Crippen LogP contribution in [0, 0.1) is 0 Å². The number of primary amides is 1. The smallest absolute Gasteiger partial charge is 0.254 e. The fourth-order valence-corrected chi connectivity index (χ4v) is 2.18. The molecule has 1 saturated carbocycles. The Balaban J connectivity index is 2.14. The van der Waals surface area contributed by atoms with Crippen molar-refractivity contribution in [3.05, 3.63) is 11.8 Å². The number of nitrogen functional groups attached to an aromatic ring is 1. The lowest BCUT2D eigenvalue weighted by Crippen LogP contribution is -2.49. The Morgan fingerprint density at radius 1 is 1.47 bits per heavy atom. The maximum atomic E-state index is 13.8. The van der Waals surface area contributed by atoms with Crippen molar-refractivity contribution in [2.45, 2.75) is 37.5 Å². The molecule has 8 heteroatoms. The monoisotopic (exact) mass is 268 g/mol. The Labute approximate surface area is 109 Å². The summed E-state index contributed by atoms with van der Waals surface area (Å²) < 4.78 is 13.8. The summed E-state index contributed by atoms with van der Waals surface area (Å²) in [4.78, 5) is 18.8. The largest absolute Gasteiger partial charge is 0.383 e. The molecule has 104 valence electrons. The van der Waals surface area contributed by atoms with Crippen LogP contribution in [0.15, 0.2) is 6.20 Å². The summed E-state index contributed by atoms with van der Waals surface area (Å²) in [5, 5.41) is 2.83. The van der Waals surface area contributed by atoms with Crippen LogP contribution in [0.3, 0.4) is 0 Å². The minimum atomic E-state index is -1.05. The zero-order chi connectivity index (χ0) is 14.0. The van der Waals surface area contributed by atoms with E-state index in [9.17, 15) is 9.18 Å². The topological polar surface area (TPSA) is 133 Å². The van der Waals surface area contributed by atoms with Gasteiger partial charge in [-0.05, 0) is 19.3 Å². The van der Waals surface area contributed by atoms with Gasteiger partial charge < -0.3 is 22.5 Å². The number of anilines is 2. The molecule has 1 aromatic heterocycles. The van der Waals surface area contributed by atoms with Crippen LogP contribution in [0.5, 0.6) is 0 Å². The van der Waals surface area contributed by atoms with Crippen molar-refractivity contribution in [3.63, 3.8) is 0 Å². The maximum Gasteiger partial charge on any atom is 0.254 e. The van der Waals surface area contributed by atoms with Gasteiger partial charge in [0.15, 0.2) is 0 Å². The molecule has 3 atom stereocenters. The van der Waals surface area contributed by atoms with Crippen LogP contribution in [0.1, 0.15) is 29.6 Å². The highest BCUT2D eigenvalue weighted by atomic mass is 19.1. The molecule has 0 spiro atoms. The number of rotatable bonds is 3. The maximum absolute atomic E-state index is 13.8. The van der Waals surface area contributed by atoms with E-state index >= 15 is 0 Å². The second-order valence-corrected chi connectivity index (χ2v) is 4.64. The number of hydrogen-bond acceptors (Lipinski definition) is 6. The number of alkyl halides is 1. The van der Waals surface area contributed by atoms with Gasteiger partial charge >= 0.3 is 0 Å². The number of hydrogen-bond donors (Lipinski definition) is 4. The van der Waals surface area contributed by atoms with Crippen molar-refractivity contribution in [3.8, 4) is 0 Å². The zero-order valence-corrected chi connectivity index (χ0v) is 10.3. The van der Waals surface area contributed by atoms with E-state index in [-0.39, 0.29) is 23.4 Å². The highest BCUT2D eigenvalue weighted by molar-refractivity contribution is 5.96. The van der Waals surface area contributed by atoms with E-state index in [4.69, 9.17) is 17.2 Å². The molecule has 1 aromatic rings. The number of nitrogens with two attached hydrogens (primary N) is 3. The number of aromatic nitrogens is 2. The SMILES string of the molecule is NC(=O)c1cnc(NC2C(N)CCCC2F)nc1N. The Morgan fingerprint density at radius 3 is 2.79 bits per heavy atom. The van der Waals surface area contributed by atoms with E-state index < -0.39 is 18.1 Å². The molecule has 0 bridgehead atoms. The molecule has 0 aromatic carbocycles. The standard InChI is InChI=1S/C11H17FN6O/c12-6-2-1-3-7(13)8(6)17-11-16-4-5(10(15)19)9(14)18-11/h4,6-8H,1-3,13H2,(H2,15,19)(H3,14,16,17,18). The number of carbonyl (C=O) groups excluding carboxylic acids is 1. The van der Waals surface area contributed by atoms with Gasteiger partial charge in [-0.3, -0.25) is 4.79 Å². The molecule has 7 N–H and O–H groups in total. The van der Waals surface area contributed by atoms with Crippen molar-refractivity contribution in [1.29, 1.82) is 0 Å². The average molecular weight is 268 g/mol. The second-order valence-electron chi connectivity index (χ2n) is 4.64. The van der Waals surface area contributed by atoms with Crippen molar-refractivity contribution < 1.29 is 9.18 Å². The van der Waals surface area contributed by atoms with Crippen molar-refractivity contribution in [2.75, 3.05) is 11.1 Å². The van der Waals surface area contributed by atoms with Gasteiger partial charge in [0.05, 0.1) is 11.6 Å². The molecule has 0 saturated heterocycles. The van der Waals surface area contributed by atoms with E-state index in [1.54, 1.807) is 0 Å². The Hall–Kier alpha value is -1.96. The highest BCUT2D eigenvalue weighted by Crippen LogP contribution is 2.23. The summed E-state index contributed by atoms with van der Waals surface area (Å²) in [5.41, 5.74) is 16.6. The molecule has 1 heterocycles. The Morgan fingerprint density at radius 2 is 2.21 bits per heavy atom. The normalized spacial score (nSPS) is 26.9. The van der Waals surface area contributed by atoms with E-state index in [0.717, 1.165) is 12.8 Å². The van der Waals surface area contributed by atoms with Gasteiger partial charge in [-0.1, -0.05) is 0 Å². The quantitative estimate of drug-likeness (QED) is 0.599. The molecule has 19 heavy (non-hydrogen) atoms. The number of nitrogens with one attached hydrogen (secondary N) is 1. The first-order chi connectivity index (χ1) is 8.99. The minimum absolute atomic E-state index is 0.0372. The lowest BCUT2D eigenvalue weighted by atomic mass is 9.89. The molecular weight excluding hydrogens is 251 g/mol. The summed E-state index contributed by atoms with van der Waals surface area (Å²) >= 11 is 0. The first-order valence-corrected chi connectivity index (χ1v) is 6.07. The van der Waals surface area contributed by atoms with Gasteiger partial charge in [0.1, 0.15) is 12.0 Å². The molecule has 1 aliphatic rings. The third kappa shape index (κ3) is 2.90. The molecule has 1 aliphatic carbocycles. The summed E-state index contributed by atoms with van der Waals surface area (Å²) in [7, 11) is 0. The number of amides is 1. The van der Waals surface area contributed by atoms with Crippen LogP contribution in [0.2, 0.25) is 0 Å². The molecule has 7 nitrogen and oxygen atoms in total. The summed E-state index contributed by atoms with van der Waals surface area (Å²) in [5.74, 6) is -0.598. The molecule has 1 fully saturated rings. The minimum Gasteiger partial charge on any atom is -0.383 e.